The summed E-state index contributed by atoms with van der Waals surface area (Å²) in [6.07, 6.45) is 1.03. The van der Waals surface area contributed by atoms with Crippen LogP contribution in [0.5, 0.6) is 0 Å². The molecule has 0 atom stereocenters. The minimum atomic E-state index is -3.24. The third kappa shape index (κ3) is 3.49. The molecule has 0 amide bonds. The number of carboxylic acid groups (broad SMARTS) is 1. The van der Waals surface area contributed by atoms with Gasteiger partial charge in [-0.05, 0) is 58.1 Å². The molecule has 6 rings (SSSR count). The molecule has 0 bridgehead atoms. The summed E-state index contributed by atoms with van der Waals surface area (Å²) in [6, 6.07) is 4.11. The van der Waals surface area contributed by atoms with Gasteiger partial charge in [-0.2, -0.15) is 0 Å². The Morgan fingerprint density at radius 2 is 1.87 bits per heavy atom. The van der Waals surface area contributed by atoms with Gasteiger partial charge in [-0.25, -0.2) is 22.5 Å². The van der Waals surface area contributed by atoms with Gasteiger partial charge in [-0.3, -0.25) is 0 Å². The zero-order chi connectivity index (χ0) is 37.0. The second-order valence-corrected chi connectivity index (χ2v) is 14.3. The molecule has 2 fully saturated rings. The second kappa shape index (κ2) is 8.56. The Bertz CT molecular complexity index is 2020. The van der Waals surface area contributed by atoms with Crippen LogP contribution in [-0.4, -0.2) is 55.4 Å². The maximum Gasteiger partial charge on any atom is 0.339 e. The number of carboxylic acids is 1. The number of rotatable bonds is 3. The van der Waals surface area contributed by atoms with E-state index in [-0.39, 0.29) is 28.1 Å². The Labute approximate surface area is 236 Å². The quantitative estimate of drug-likeness (QED) is 0.327. The fourth-order valence-corrected chi connectivity index (χ4v) is 8.36. The number of benzene rings is 2. The van der Waals surface area contributed by atoms with Crippen LogP contribution in [0.1, 0.15) is 55.4 Å². The number of halogens is 3. The molecule has 0 unspecified atom stereocenters. The average molecular weight is 547 g/mol. The fourth-order valence-electron chi connectivity index (χ4n) is 5.29. The van der Waals surface area contributed by atoms with Crippen LogP contribution in [0.25, 0.3) is 5.57 Å². The first-order valence-electron chi connectivity index (χ1n) is 17.3. The summed E-state index contributed by atoms with van der Waals surface area (Å²) in [5.74, 6) is -9.05. The molecule has 2 aromatic rings. The van der Waals surface area contributed by atoms with E-state index in [1.165, 1.54) is 36.4 Å². The van der Waals surface area contributed by atoms with E-state index in [4.69, 9.17) is 15.1 Å². The summed E-state index contributed by atoms with van der Waals surface area (Å²) in [5, 5.41) is 10.7. The van der Waals surface area contributed by atoms with Gasteiger partial charge in [-0.15, -0.1) is 0 Å². The zero-order valence-electron chi connectivity index (χ0n) is 31.8. The molecule has 3 heterocycles. The van der Waals surface area contributed by atoms with E-state index in [2.05, 4.69) is 0 Å². The maximum absolute atomic E-state index is 16.2. The molecule has 4 aliphatic rings. The van der Waals surface area contributed by atoms with E-state index in [0.717, 1.165) is 18.7 Å². The van der Waals surface area contributed by atoms with E-state index in [0.29, 0.717) is 15.0 Å². The first-order valence-corrected chi connectivity index (χ1v) is 14.8. The monoisotopic (exact) mass is 546 g/mol. The molecule has 2 aromatic carbocycles. The number of hydrogen-bond acceptors (Lipinski definition) is 2. The van der Waals surface area contributed by atoms with Gasteiger partial charge in [-0.1, -0.05) is 26.1 Å². The van der Waals surface area contributed by atoms with E-state index in [1.807, 2.05) is 0 Å². The predicted octanol–water partition coefficient (Wildman–Crippen LogP) is 5.19. The van der Waals surface area contributed by atoms with Crippen LogP contribution >= 0.6 is 0 Å². The lowest BCUT2D eigenvalue weighted by Crippen LogP contribution is -2.51. The van der Waals surface area contributed by atoms with Gasteiger partial charge in [0.2, 0.25) is 0 Å². The van der Waals surface area contributed by atoms with Crippen LogP contribution in [0.15, 0.2) is 47.2 Å². The first kappa shape index (κ1) is 15.3. The van der Waals surface area contributed by atoms with E-state index in [1.54, 1.807) is 13.1 Å². The molecule has 2 saturated heterocycles. The van der Waals surface area contributed by atoms with Crippen molar-refractivity contribution in [1.82, 2.24) is 0 Å². The normalized spacial score (nSPS) is 31.8. The lowest BCUT2D eigenvalue weighted by molar-refractivity contribution is -0.582. The highest BCUT2D eigenvalue weighted by molar-refractivity contribution is 6.98. The molecule has 196 valence electrons. The van der Waals surface area contributed by atoms with E-state index >= 15 is 8.78 Å². The van der Waals surface area contributed by atoms with Crippen LogP contribution < -0.4 is 10.1 Å². The Kier molecular flexibility index (Phi) is 3.44. The highest BCUT2D eigenvalue weighted by Gasteiger charge is 2.43. The summed E-state index contributed by atoms with van der Waals surface area (Å²) in [5.41, 5.74) is -2.91. The summed E-state index contributed by atoms with van der Waals surface area (Å²) < 4.78 is 139. The molecule has 0 aromatic heterocycles. The van der Waals surface area contributed by atoms with Gasteiger partial charge in [0.25, 0.3) is 0 Å². The van der Waals surface area contributed by atoms with Crippen LogP contribution in [-0.2, 0) is 0 Å². The summed E-state index contributed by atoms with van der Waals surface area (Å²) >= 11 is 0. The van der Waals surface area contributed by atoms with Crippen LogP contribution in [0.3, 0.4) is 0 Å². The minimum absolute atomic E-state index is 0.0120. The number of carbonyl (C=O) groups is 1. The lowest BCUT2D eigenvalue weighted by Gasteiger charge is -2.42. The van der Waals surface area contributed by atoms with Gasteiger partial charge >= 0.3 is 5.97 Å². The predicted molar refractivity (Wildman–Crippen MR) is 146 cm³/mol. The zero-order valence-corrected chi connectivity index (χ0v) is 21.8. The van der Waals surface area contributed by atoms with Crippen LogP contribution in [0.2, 0.25) is 13.1 Å². The fraction of sp³-hybridized carbons (Fsp3) is 0.333. The maximum atomic E-state index is 16.2. The highest BCUT2D eigenvalue weighted by atomic mass is 28.3. The third-order valence-electron chi connectivity index (χ3n) is 7.31. The molecular weight excluding hydrogens is 505 g/mol. The van der Waals surface area contributed by atoms with Gasteiger partial charge in [0.15, 0.2) is 17.3 Å². The molecule has 0 spiro atoms. The van der Waals surface area contributed by atoms with Crippen molar-refractivity contribution < 1.29 is 42.7 Å². The van der Waals surface area contributed by atoms with Crippen molar-refractivity contribution in [3.63, 3.8) is 0 Å². The minimum Gasteiger partial charge on any atom is -0.478 e. The summed E-state index contributed by atoms with van der Waals surface area (Å²) in [7, 11) is -3.24. The summed E-state index contributed by atoms with van der Waals surface area (Å²) in [6.45, 7) is -5.03. The molecular formula is C30H30F3N2O2Si+. The molecule has 3 aliphatic heterocycles. The number of allylic oxidation sites excluding steroid dienone is 5. The molecule has 8 heteroatoms. The Hall–Kier alpha value is -3.39. The standard InChI is InChI=1S/C30H29F3N2O2Si/c1-16-14-35(15-16)19-7-9-21-23(13-19)38(3,4)22-12-18(34-10-5-11-34)6-8-20(22)24(21)25-26(30(36)37)29(33)28(32)17(2)27(25)31/h6-9,12-13,16H,5,10-11,14-15H2,1-4H3/p+1/i5D2,10D2,11D2,14D2,15D2,16D. The smallest absolute Gasteiger partial charge is 0.339 e. The van der Waals surface area contributed by atoms with Crippen molar-refractivity contribution in [2.24, 2.45) is 5.89 Å². The van der Waals surface area contributed by atoms with Gasteiger partial charge < -0.3 is 10.0 Å². The summed E-state index contributed by atoms with van der Waals surface area (Å²) in [4.78, 5) is 13.2. The van der Waals surface area contributed by atoms with Gasteiger partial charge in [0.05, 0.1) is 6.37 Å². The largest absolute Gasteiger partial charge is 0.478 e. The van der Waals surface area contributed by atoms with Crippen molar-refractivity contribution in [1.29, 1.82) is 0 Å². The number of aromatic carboxylic acids is 1. The molecule has 1 N–H and O–H groups in total. The number of fused-ring (bicyclic) bond motifs is 2. The van der Waals surface area contributed by atoms with E-state index < -0.39 is 86.4 Å². The second-order valence-electron chi connectivity index (χ2n) is 9.95. The number of anilines is 1. The third-order valence-corrected chi connectivity index (χ3v) is 10.8. The molecule has 0 saturated carbocycles. The topological polar surface area (TPSA) is 43.5 Å². The Morgan fingerprint density at radius 3 is 2.55 bits per heavy atom. The molecule has 4 nitrogen and oxygen atoms in total. The van der Waals surface area contributed by atoms with E-state index in [9.17, 15) is 14.3 Å². The number of nitrogens with zero attached hydrogens (tertiary/aromatic N) is 2. The molecule has 1 aliphatic carbocycles. The Morgan fingerprint density at radius 1 is 1.16 bits per heavy atom. The van der Waals surface area contributed by atoms with Crippen molar-refractivity contribution in [3.8, 4) is 0 Å². The van der Waals surface area contributed by atoms with Crippen molar-refractivity contribution in [2.45, 2.75) is 33.3 Å². The SMILES string of the molecule is [2H]C1([2H])N(c2ccc3c(c2)[Si](C)(C)C2=CC(=[N+]4C([2H])([2H])C([2H])([2H])C4([2H])[2H])C=CC2=C3c2c(F)c(C)c(F)c(F)c2C(=O)O)C([2H])([2H])C1([2H])C. The average Bonchev–Trinajstić information content (AvgIpc) is 2.98. The lowest BCUT2D eigenvalue weighted by atomic mass is 9.85. The van der Waals surface area contributed by atoms with Crippen molar-refractivity contribution in [2.75, 3.05) is 30.9 Å². The van der Waals surface area contributed by atoms with Gasteiger partial charge in [0, 0.05) is 51.6 Å². The Balaban J connectivity index is 1.72. The molecule has 38 heavy (non-hydrogen) atoms. The van der Waals surface area contributed by atoms with Crippen LogP contribution in [0, 0.1) is 30.3 Å². The number of hydrogen-bond donors (Lipinski definition) is 1. The molecule has 0 radical (unpaired) electrons. The first-order chi connectivity index (χ1) is 22.1. The van der Waals surface area contributed by atoms with Crippen molar-refractivity contribution in [3.05, 3.63) is 86.9 Å². The van der Waals surface area contributed by atoms with Gasteiger partial charge in [0.1, 0.15) is 37.9 Å². The highest BCUT2D eigenvalue weighted by Crippen LogP contribution is 2.45. The van der Waals surface area contributed by atoms with Crippen LogP contribution in [0.4, 0.5) is 18.9 Å². The van der Waals surface area contributed by atoms with Crippen molar-refractivity contribution >= 4 is 36.2 Å².